The molecule has 0 aliphatic rings. The van der Waals surface area contributed by atoms with Gasteiger partial charge >= 0.3 is 5.82 Å². The molecule has 1 heterocycles. The molecular formula is C12H8Br2ClN5O5. The second-order valence-electron chi connectivity index (χ2n) is 4.73. The molecule has 0 unspecified atom stereocenters. The van der Waals surface area contributed by atoms with Gasteiger partial charge in [-0.25, -0.2) is 0 Å². The number of nitrogens with one attached hydrogen (secondary N) is 1. The number of hydrogen-bond donors (Lipinski definition) is 1. The van der Waals surface area contributed by atoms with Gasteiger partial charge < -0.3 is 15.4 Å². The molecule has 0 saturated carbocycles. The van der Waals surface area contributed by atoms with Gasteiger partial charge in [-0.1, -0.05) is 11.6 Å². The molecule has 2 rings (SSSR count). The Morgan fingerprint density at radius 3 is 2.28 bits per heavy atom. The number of hydrogen-bond acceptors (Lipinski definition) is 6. The molecule has 0 atom stereocenters. The van der Waals surface area contributed by atoms with Crippen molar-refractivity contribution in [3.8, 4) is 0 Å². The van der Waals surface area contributed by atoms with E-state index in [4.69, 9.17) is 11.6 Å². The normalized spacial score (nSPS) is 10.6. The van der Waals surface area contributed by atoms with E-state index in [0.717, 1.165) is 4.68 Å². The average Bonchev–Trinajstić information content (AvgIpc) is 2.79. The minimum Gasteiger partial charge on any atom is -0.358 e. The van der Waals surface area contributed by atoms with Gasteiger partial charge in [-0.05, 0) is 43.7 Å². The molecule has 10 nitrogen and oxygen atoms in total. The Morgan fingerprint density at radius 2 is 1.84 bits per heavy atom. The Bertz CT molecular complexity index is 877. The summed E-state index contributed by atoms with van der Waals surface area (Å²) in [4.78, 5) is 32.5. The van der Waals surface area contributed by atoms with Crippen molar-refractivity contribution in [1.82, 2.24) is 9.78 Å². The second kappa shape index (κ2) is 7.45. The van der Waals surface area contributed by atoms with E-state index in [2.05, 4.69) is 42.3 Å². The van der Waals surface area contributed by atoms with Crippen LogP contribution in [0.15, 0.2) is 21.1 Å². The van der Waals surface area contributed by atoms with Gasteiger partial charge in [0.25, 0.3) is 5.69 Å². The van der Waals surface area contributed by atoms with Gasteiger partial charge in [0, 0.05) is 21.1 Å². The van der Waals surface area contributed by atoms with Crippen molar-refractivity contribution in [2.24, 2.45) is 0 Å². The first-order chi connectivity index (χ1) is 11.6. The third-order valence-electron chi connectivity index (χ3n) is 3.08. The molecule has 1 N–H and O–H groups in total. The van der Waals surface area contributed by atoms with Crippen LogP contribution in [-0.4, -0.2) is 25.5 Å². The summed E-state index contributed by atoms with van der Waals surface area (Å²) >= 11 is 12.1. The van der Waals surface area contributed by atoms with Crippen molar-refractivity contribution in [3.05, 3.63) is 52.0 Å². The number of halogens is 3. The van der Waals surface area contributed by atoms with Crippen molar-refractivity contribution in [2.45, 2.75) is 13.5 Å². The van der Waals surface area contributed by atoms with E-state index in [1.807, 2.05) is 0 Å². The van der Waals surface area contributed by atoms with Gasteiger partial charge in [-0.3, -0.25) is 14.9 Å². The fourth-order valence-corrected chi connectivity index (χ4v) is 3.44. The summed E-state index contributed by atoms with van der Waals surface area (Å²) in [6.07, 6.45) is 0. The Hall–Kier alpha value is -2.05. The third kappa shape index (κ3) is 4.14. The zero-order chi connectivity index (χ0) is 18.9. The molecule has 0 bridgehead atoms. The molecule has 1 aromatic carbocycles. The van der Waals surface area contributed by atoms with Crippen LogP contribution in [-0.2, 0) is 11.3 Å². The number of nitrogens with zero attached hydrogens (tertiary/aromatic N) is 4. The summed E-state index contributed by atoms with van der Waals surface area (Å²) in [5.74, 6) is -1.09. The van der Waals surface area contributed by atoms with E-state index in [0.29, 0.717) is 8.95 Å². The lowest BCUT2D eigenvalue weighted by atomic mass is 10.3. The Balaban J connectivity index is 2.23. The lowest BCUT2D eigenvalue weighted by molar-refractivity contribution is -0.389. The van der Waals surface area contributed by atoms with Crippen LogP contribution in [0.5, 0.6) is 0 Å². The lowest BCUT2D eigenvalue weighted by Gasteiger charge is -2.09. The number of aromatic nitrogens is 2. The highest BCUT2D eigenvalue weighted by atomic mass is 79.9. The monoisotopic (exact) mass is 495 g/mol. The Morgan fingerprint density at radius 1 is 1.28 bits per heavy atom. The van der Waals surface area contributed by atoms with Gasteiger partial charge in [0.15, 0.2) is 5.02 Å². The molecule has 0 aliphatic carbocycles. The zero-order valence-corrected chi connectivity index (χ0v) is 16.3. The molecule has 2 aromatic rings. The molecule has 13 heteroatoms. The van der Waals surface area contributed by atoms with Crippen LogP contribution in [0.2, 0.25) is 5.02 Å². The molecule has 25 heavy (non-hydrogen) atoms. The molecule has 0 saturated heterocycles. The molecular weight excluding hydrogens is 489 g/mol. The maximum absolute atomic E-state index is 12.2. The summed E-state index contributed by atoms with van der Waals surface area (Å²) in [5.41, 5.74) is 0.383. The zero-order valence-electron chi connectivity index (χ0n) is 12.3. The number of carbonyl (C=O) groups excluding carboxylic acids is 1. The van der Waals surface area contributed by atoms with Crippen LogP contribution in [0, 0.1) is 27.2 Å². The Labute approximate surface area is 161 Å². The van der Waals surface area contributed by atoms with Crippen LogP contribution >= 0.6 is 43.5 Å². The van der Waals surface area contributed by atoms with Gasteiger partial charge in [0.05, 0.1) is 21.4 Å². The summed E-state index contributed by atoms with van der Waals surface area (Å²) in [5, 5.41) is 27.7. The van der Waals surface area contributed by atoms with E-state index in [1.54, 1.807) is 0 Å². The SMILES string of the molecule is Cc1c(Cl)c([N+](=O)[O-])nn1CC(=O)Nc1c(Br)cc([N+](=O)[O-])cc1Br. The number of carbonyl (C=O) groups is 1. The summed E-state index contributed by atoms with van der Waals surface area (Å²) in [6, 6.07) is 2.47. The van der Waals surface area contributed by atoms with Crippen LogP contribution in [0.3, 0.4) is 0 Å². The maximum Gasteiger partial charge on any atom is 0.408 e. The van der Waals surface area contributed by atoms with Gasteiger partial charge in [0.2, 0.25) is 5.91 Å². The van der Waals surface area contributed by atoms with Crippen LogP contribution in [0.25, 0.3) is 0 Å². The highest BCUT2D eigenvalue weighted by Gasteiger charge is 2.25. The molecule has 1 amide bonds. The number of benzene rings is 1. The molecule has 0 fully saturated rings. The van der Waals surface area contributed by atoms with Crippen molar-refractivity contribution in [2.75, 3.05) is 5.32 Å². The summed E-state index contributed by atoms with van der Waals surface area (Å²) < 4.78 is 1.69. The minimum atomic E-state index is -0.743. The molecule has 0 radical (unpaired) electrons. The van der Waals surface area contributed by atoms with E-state index in [9.17, 15) is 25.0 Å². The Kier molecular flexibility index (Phi) is 5.75. The van der Waals surface area contributed by atoms with E-state index < -0.39 is 21.6 Å². The predicted molar refractivity (Wildman–Crippen MR) is 95.8 cm³/mol. The molecule has 132 valence electrons. The third-order valence-corrected chi connectivity index (χ3v) is 4.78. The number of nitro benzene ring substituents is 1. The number of amides is 1. The average molecular weight is 497 g/mol. The van der Waals surface area contributed by atoms with E-state index in [-0.39, 0.29) is 28.6 Å². The number of nitro groups is 2. The topological polar surface area (TPSA) is 133 Å². The molecule has 1 aromatic heterocycles. The minimum absolute atomic E-state index is 0.143. The van der Waals surface area contributed by atoms with Crippen molar-refractivity contribution >= 4 is 66.6 Å². The van der Waals surface area contributed by atoms with Crippen LogP contribution in [0.1, 0.15) is 5.69 Å². The standard InChI is InChI=1S/C12H8Br2ClN5O5/c1-5-10(15)12(20(24)25)17-18(5)4-9(21)16-11-7(13)2-6(19(22)23)3-8(11)14/h2-3H,4H2,1H3,(H,16,21). The highest BCUT2D eigenvalue weighted by Crippen LogP contribution is 2.35. The first-order valence-electron chi connectivity index (χ1n) is 6.42. The summed E-state index contributed by atoms with van der Waals surface area (Å²) in [6.45, 7) is 1.17. The first kappa shape index (κ1) is 19.3. The fraction of sp³-hybridized carbons (Fsp3) is 0.167. The highest BCUT2D eigenvalue weighted by molar-refractivity contribution is 9.11. The quantitative estimate of drug-likeness (QED) is 0.493. The smallest absolute Gasteiger partial charge is 0.358 e. The van der Waals surface area contributed by atoms with Crippen LogP contribution < -0.4 is 5.32 Å². The largest absolute Gasteiger partial charge is 0.408 e. The summed E-state index contributed by atoms with van der Waals surface area (Å²) in [7, 11) is 0. The number of rotatable bonds is 5. The van der Waals surface area contributed by atoms with E-state index in [1.165, 1.54) is 19.1 Å². The first-order valence-corrected chi connectivity index (χ1v) is 8.38. The van der Waals surface area contributed by atoms with Crippen molar-refractivity contribution in [1.29, 1.82) is 0 Å². The fourth-order valence-electron chi connectivity index (χ4n) is 1.88. The predicted octanol–water partition coefficient (Wildman–Crippen LogP) is 3.83. The van der Waals surface area contributed by atoms with Crippen molar-refractivity contribution < 1.29 is 14.6 Å². The number of anilines is 1. The van der Waals surface area contributed by atoms with E-state index >= 15 is 0 Å². The maximum atomic E-state index is 12.2. The lowest BCUT2D eigenvalue weighted by Crippen LogP contribution is -2.20. The second-order valence-corrected chi connectivity index (χ2v) is 6.81. The van der Waals surface area contributed by atoms with Gasteiger partial charge in [-0.2, -0.15) is 4.68 Å². The number of non-ortho nitro benzene ring substituents is 1. The van der Waals surface area contributed by atoms with Crippen LogP contribution in [0.4, 0.5) is 17.2 Å². The van der Waals surface area contributed by atoms with Crippen molar-refractivity contribution in [3.63, 3.8) is 0 Å². The molecule has 0 aliphatic heterocycles. The van der Waals surface area contributed by atoms with Gasteiger partial charge in [0.1, 0.15) is 6.54 Å². The molecule has 0 spiro atoms. The van der Waals surface area contributed by atoms with Gasteiger partial charge in [-0.15, -0.1) is 0 Å².